The van der Waals surface area contributed by atoms with E-state index in [0.29, 0.717) is 22.7 Å². The third-order valence-electron chi connectivity index (χ3n) is 4.17. The van der Waals surface area contributed by atoms with Crippen molar-refractivity contribution in [3.63, 3.8) is 0 Å². The van der Waals surface area contributed by atoms with E-state index in [4.69, 9.17) is 16.9 Å². The molecule has 1 N–H and O–H groups in total. The molecule has 1 aromatic rings. The number of anilines is 1. The molecule has 5 heteroatoms. The number of rotatable bonds is 1. The van der Waals surface area contributed by atoms with Crippen LogP contribution >= 0.6 is 27.5 Å². The fraction of sp³-hybridized carbons (Fsp3) is 0.500. The van der Waals surface area contributed by atoms with Crippen molar-refractivity contribution in [3.8, 4) is 6.07 Å². The van der Waals surface area contributed by atoms with Crippen molar-refractivity contribution in [3.05, 3.63) is 27.2 Å². The first-order valence-electron chi connectivity index (χ1n) is 6.46. The zero-order chi connectivity index (χ0) is 13.6. The number of nitriles is 1. The van der Waals surface area contributed by atoms with E-state index in [1.54, 1.807) is 6.07 Å². The van der Waals surface area contributed by atoms with Gasteiger partial charge in [-0.1, -0.05) is 11.6 Å². The Balaban J connectivity index is 2.00. The van der Waals surface area contributed by atoms with Crippen LogP contribution in [0.3, 0.4) is 0 Å². The molecular weight excluding hydrogens is 328 g/mol. The van der Waals surface area contributed by atoms with Crippen LogP contribution in [-0.4, -0.2) is 23.3 Å². The third-order valence-corrected chi connectivity index (χ3v) is 5.59. The topological polar surface area (TPSA) is 47.3 Å². The summed E-state index contributed by atoms with van der Waals surface area (Å²) in [5.74, 6) is 0. The summed E-state index contributed by atoms with van der Waals surface area (Å²) >= 11 is 9.73. The second kappa shape index (κ2) is 4.97. The molecule has 2 heterocycles. The molecule has 0 spiro atoms. The normalized spacial score (nSPS) is 29.4. The van der Waals surface area contributed by atoms with E-state index in [2.05, 4.69) is 26.9 Å². The highest BCUT2D eigenvalue weighted by molar-refractivity contribution is 9.10. The number of aliphatic hydroxyl groups is 1. The number of halogens is 2. The number of hydrogen-bond acceptors (Lipinski definition) is 3. The van der Waals surface area contributed by atoms with Gasteiger partial charge in [0.2, 0.25) is 0 Å². The minimum Gasteiger partial charge on any atom is -0.393 e. The molecule has 2 aliphatic heterocycles. The van der Waals surface area contributed by atoms with Crippen LogP contribution < -0.4 is 4.90 Å². The number of piperidine rings is 1. The van der Waals surface area contributed by atoms with Crippen molar-refractivity contribution >= 4 is 33.2 Å². The van der Waals surface area contributed by atoms with Gasteiger partial charge in [0, 0.05) is 12.1 Å². The fourth-order valence-electron chi connectivity index (χ4n) is 3.37. The lowest BCUT2D eigenvalue weighted by molar-refractivity contribution is 0.126. The van der Waals surface area contributed by atoms with Crippen LogP contribution in [-0.2, 0) is 0 Å². The lowest BCUT2D eigenvalue weighted by Gasteiger charge is -2.39. The highest BCUT2D eigenvalue weighted by Gasteiger charge is 2.41. The van der Waals surface area contributed by atoms with E-state index in [1.807, 2.05) is 6.07 Å². The Labute approximate surface area is 125 Å². The first-order valence-corrected chi connectivity index (χ1v) is 7.63. The summed E-state index contributed by atoms with van der Waals surface area (Å²) in [6.07, 6.45) is 3.69. The Morgan fingerprint density at radius 3 is 2.53 bits per heavy atom. The Morgan fingerprint density at radius 1 is 1.32 bits per heavy atom. The molecule has 2 fully saturated rings. The van der Waals surface area contributed by atoms with E-state index in [1.165, 1.54) is 0 Å². The predicted molar refractivity (Wildman–Crippen MR) is 78.4 cm³/mol. The second-order valence-electron chi connectivity index (χ2n) is 5.29. The quantitative estimate of drug-likeness (QED) is 0.851. The molecule has 3 atom stereocenters. The Hall–Kier alpha value is -0.760. The van der Waals surface area contributed by atoms with E-state index in [0.717, 1.165) is 35.8 Å². The molecule has 2 aliphatic rings. The van der Waals surface area contributed by atoms with Gasteiger partial charge in [0.25, 0.3) is 0 Å². The highest BCUT2D eigenvalue weighted by Crippen LogP contribution is 2.44. The molecule has 19 heavy (non-hydrogen) atoms. The van der Waals surface area contributed by atoms with E-state index >= 15 is 0 Å². The minimum atomic E-state index is -0.179. The van der Waals surface area contributed by atoms with Gasteiger partial charge in [-0.3, -0.25) is 0 Å². The lowest BCUT2D eigenvalue weighted by atomic mass is 9.99. The van der Waals surface area contributed by atoms with Gasteiger partial charge in [0.15, 0.2) is 0 Å². The number of benzene rings is 1. The Bertz CT molecular complexity index is 543. The molecule has 0 aromatic heterocycles. The molecule has 2 bridgehead atoms. The predicted octanol–water partition coefficient (Wildman–Crippen LogP) is 3.47. The van der Waals surface area contributed by atoms with Gasteiger partial charge >= 0.3 is 0 Å². The van der Waals surface area contributed by atoms with Crippen LogP contribution in [0.15, 0.2) is 16.6 Å². The molecule has 100 valence electrons. The van der Waals surface area contributed by atoms with Gasteiger partial charge in [-0.05, 0) is 53.7 Å². The van der Waals surface area contributed by atoms with Crippen molar-refractivity contribution < 1.29 is 5.11 Å². The van der Waals surface area contributed by atoms with Crippen molar-refractivity contribution in [1.29, 1.82) is 5.26 Å². The molecule has 0 radical (unpaired) electrons. The van der Waals surface area contributed by atoms with Crippen LogP contribution in [0.5, 0.6) is 0 Å². The number of hydrogen-bond donors (Lipinski definition) is 1. The first-order chi connectivity index (χ1) is 9.11. The summed E-state index contributed by atoms with van der Waals surface area (Å²) in [5, 5.41) is 19.3. The largest absolute Gasteiger partial charge is 0.393 e. The smallest absolute Gasteiger partial charge is 0.101 e. The van der Waals surface area contributed by atoms with Gasteiger partial charge < -0.3 is 10.0 Å². The average molecular weight is 342 g/mol. The SMILES string of the molecule is N#Cc1ccc(N2[C@@H]3CC[C@H]2CC(O)C3)c(Br)c1Cl. The Kier molecular flexibility index (Phi) is 3.46. The zero-order valence-corrected chi connectivity index (χ0v) is 12.7. The molecule has 0 amide bonds. The van der Waals surface area contributed by atoms with Gasteiger partial charge in [0.05, 0.1) is 26.9 Å². The highest BCUT2D eigenvalue weighted by atomic mass is 79.9. The zero-order valence-electron chi connectivity index (χ0n) is 10.3. The van der Waals surface area contributed by atoms with Crippen LogP contribution in [0.25, 0.3) is 0 Å². The third kappa shape index (κ3) is 2.14. The summed E-state index contributed by atoms with van der Waals surface area (Å²) in [6.45, 7) is 0. The number of fused-ring (bicyclic) bond motifs is 2. The summed E-state index contributed by atoms with van der Waals surface area (Å²) in [6, 6.07) is 6.58. The number of nitrogens with zero attached hydrogens (tertiary/aromatic N) is 2. The van der Waals surface area contributed by atoms with E-state index < -0.39 is 0 Å². The van der Waals surface area contributed by atoms with Crippen LogP contribution in [0, 0.1) is 11.3 Å². The molecule has 0 saturated carbocycles. The lowest BCUT2D eigenvalue weighted by Crippen LogP contribution is -2.45. The maximum atomic E-state index is 9.85. The monoisotopic (exact) mass is 340 g/mol. The van der Waals surface area contributed by atoms with E-state index in [-0.39, 0.29) is 6.10 Å². The number of aliphatic hydroxyl groups excluding tert-OH is 1. The van der Waals surface area contributed by atoms with Crippen molar-refractivity contribution in [2.24, 2.45) is 0 Å². The van der Waals surface area contributed by atoms with Crippen molar-refractivity contribution in [2.75, 3.05) is 4.90 Å². The molecule has 3 rings (SSSR count). The average Bonchev–Trinajstić information content (AvgIpc) is 2.65. The summed E-state index contributed by atoms with van der Waals surface area (Å²) in [7, 11) is 0. The molecule has 3 nitrogen and oxygen atoms in total. The summed E-state index contributed by atoms with van der Waals surface area (Å²) in [4.78, 5) is 2.36. The second-order valence-corrected chi connectivity index (χ2v) is 6.46. The summed E-state index contributed by atoms with van der Waals surface area (Å²) in [5.41, 5.74) is 1.53. The maximum Gasteiger partial charge on any atom is 0.101 e. The van der Waals surface area contributed by atoms with Gasteiger partial charge in [0.1, 0.15) is 6.07 Å². The summed E-state index contributed by atoms with van der Waals surface area (Å²) < 4.78 is 0.793. The fourth-order valence-corrected chi connectivity index (χ4v) is 4.12. The molecule has 2 saturated heterocycles. The van der Waals surface area contributed by atoms with Crippen molar-refractivity contribution in [2.45, 2.75) is 43.9 Å². The first kappa shape index (κ1) is 13.2. The van der Waals surface area contributed by atoms with Gasteiger partial charge in [-0.25, -0.2) is 0 Å². The van der Waals surface area contributed by atoms with Crippen LogP contribution in [0.4, 0.5) is 5.69 Å². The van der Waals surface area contributed by atoms with E-state index in [9.17, 15) is 5.11 Å². The van der Waals surface area contributed by atoms with Crippen molar-refractivity contribution in [1.82, 2.24) is 0 Å². The molecule has 1 aromatic carbocycles. The molecule has 0 aliphatic carbocycles. The Morgan fingerprint density at radius 2 is 1.95 bits per heavy atom. The van der Waals surface area contributed by atoms with Crippen LogP contribution in [0.2, 0.25) is 5.02 Å². The van der Waals surface area contributed by atoms with Gasteiger partial charge in [-0.15, -0.1) is 0 Å². The van der Waals surface area contributed by atoms with Crippen LogP contribution in [0.1, 0.15) is 31.2 Å². The molecule has 1 unspecified atom stereocenters. The molecular formula is C14H14BrClN2O. The standard InChI is InChI=1S/C14H14BrClN2O/c15-13-12(4-1-8(7-17)14(13)16)18-9-2-3-10(18)6-11(19)5-9/h1,4,9-11,19H,2-3,5-6H2/t9-,10+,11?. The van der Waals surface area contributed by atoms with Gasteiger partial charge in [-0.2, -0.15) is 5.26 Å². The minimum absolute atomic E-state index is 0.179. The maximum absolute atomic E-state index is 9.85.